The minimum atomic E-state index is -0.0812. The van der Waals surface area contributed by atoms with E-state index in [1.807, 2.05) is 19.1 Å². The smallest absolute Gasteiger partial charge is 0.149 e. The van der Waals surface area contributed by atoms with Crippen LogP contribution in [0.1, 0.15) is 18.5 Å². The molecule has 1 aromatic heterocycles. The van der Waals surface area contributed by atoms with Crippen LogP contribution in [0.3, 0.4) is 0 Å². The van der Waals surface area contributed by atoms with Gasteiger partial charge in [-0.1, -0.05) is 0 Å². The van der Waals surface area contributed by atoms with Gasteiger partial charge in [-0.15, -0.1) is 5.10 Å². The zero-order valence-electron chi connectivity index (χ0n) is 9.57. The van der Waals surface area contributed by atoms with E-state index in [9.17, 15) is 0 Å². The number of aromatic nitrogens is 2. The van der Waals surface area contributed by atoms with Gasteiger partial charge >= 0.3 is 0 Å². The first kappa shape index (κ1) is 11.3. The Morgan fingerprint density at radius 3 is 2.69 bits per heavy atom. The summed E-state index contributed by atoms with van der Waals surface area (Å²) in [5.41, 5.74) is 6.68. The van der Waals surface area contributed by atoms with Crippen LogP contribution < -0.4 is 11.1 Å². The van der Waals surface area contributed by atoms with Gasteiger partial charge in [-0.05, 0) is 31.9 Å². The van der Waals surface area contributed by atoms with Crippen molar-refractivity contribution in [1.29, 1.82) is 0 Å². The Kier molecular flexibility index (Phi) is 3.36. The molecule has 5 nitrogen and oxygen atoms in total. The number of hydrogen-bond donors (Lipinski definition) is 2. The van der Waals surface area contributed by atoms with Crippen LogP contribution in [-0.2, 0) is 4.74 Å². The van der Waals surface area contributed by atoms with Gasteiger partial charge in [0.15, 0.2) is 0 Å². The van der Waals surface area contributed by atoms with Gasteiger partial charge in [0.2, 0.25) is 0 Å². The van der Waals surface area contributed by atoms with Gasteiger partial charge in [-0.3, -0.25) is 0 Å². The van der Waals surface area contributed by atoms with E-state index in [1.54, 1.807) is 0 Å². The normalized spacial score (nSPS) is 19.4. The summed E-state index contributed by atoms with van der Waals surface area (Å²) in [6.45, 7) is 4.02. The maximum absolute atomic E-state index is 5.85. The zero-order chi connectivity index (χ0) is 11.4. The molecule has 0 radical (unpaired) electrons. The summed E-state index contributed by atoms with van der Waals surface area (Å²) in [7, 11) is 0. The fourth-order valence-corrected chi connectivity index (χ4v) is 1.88. The summed E-state index contributed by atoms with van der Waals surface area (Å²) in [5.74, 6) is 0.790. The quantitative estimate of drug-likeness (QED) is 0.787. The Hall–Kier alpha value is -1.20. The number of ether oxygens (including phenoxy) is 1. The van der Waals surface area contributed by atoms with E-state index in [2.05, 4.69) is 15.5 Å². The molecule has 0 spiro atoms. The van der Waals surface area contributed by atoms with Crippen LogP contribution >= 0.6 is 0 Å². The highest BCUT2D eigenvalue weighted by molar-refractivity contribution is 5.37. The Morgan fingerprint density at radius 1 is 1.38 bits per heavy atom. The van der Waals surface area contributed by atoms with Crippen molar-refractivity contribution in [2.75, 3.05) is 25.1 Å². The number of nitrogens with two attached hydrogens (primary N) is 1. The molecule has 0 unspecified atom stereocenters. The molecule has 16 heavy (non-hydrogen) atoms. The summed E-state index contributed by atoms with van der Waals surface area (Å²) < 4.78 is 5.35. The molecule has 1 aromatic rings. The summed E-state index contributed by atoms with van der Waals surface area (Å²) >= 11 is 0. The Morgan fingerprint density at radius 2 is 2.12 bits per heavy atom. The topological polar surface area (TPSA) is 73.1 Å². The standard InChI is InChI=1S/C11H18N4O/c1-9-2-3-10(15-14-9)13-11(8-12)4-6-16-7-5-11/h2-3H,4-8,12H2,1H3,(H,13,15). The van der Waals surface area contributed by atoms with E-state index in [0.29, 0.717) is 6.54 Å². The average Bonchev–Trinajstić information content (AvgIpc) is 2.33. The fourth-order valence-electron chi connectivity index (χ4n) is 1.88. The second kappa shape index (κ2) is 4.76. The van der Waals surface area contributed by atoms with Crippen LogP contribution in [0.5, 0.6) is 0 Å². The van der Waals surface area contributed by atoms with Gasteiger partial charge in [0.05, 0.1) is 11.2 Å². The predicted molar refractivity (Wildman–Crippen MR) is 62.2 cm³/mol. The third-order valence-electron chi connectivity index (χ3n) is 3.03. The van der Waals surface area contributed by atoms with Crippen molar-refractivity contribution in [3.05, 3.63) is 17.8 Å². The average molecular weight is 222 g/mol. The molecule has 0 atom stereocenters. The SMILES string of the molecule is Cc1ccc(NC2(CN)CCOCC2)nn1. The first-order valence-electron chi connectivity index (χ1n) is 5.60. The number of hydrogen-bond acceptors (Lipinski definition) is 5. The minimum Gasteiger partial charge on any atom is -0.381 e. The Bertz CT molecular complexity index is 332. The van der Waals surface area contributed by atoms with Crippen LogP contribution in [0.25, 0.3) is 0 Å². The summed E-state index contributed by atoms with van der Waals surface area (Å²) in [5, 5.41) is 11.5. The Labute approximate surface area is 95.4 Å². The number of nitrogens with zero attached hydrogens (tertiary/aromatic N) is 2. The van der Waals surface area contributed by atoms with Crippen molar-refractivity contribution >= 4 is 5.82 Å². The van der Waals surface area contributed by atoms with Crippen LogP contribution in [-0.4, -0.2) is 35.5 Å². The summed E-state index contributed by atoms with van der Waals surface area (Å²) in [6.07, 6.45) is 1.83. The van der Waals surface area contributed by atoms with E-state index < -0.39 is 0 Å². The summed E-state index contributed by atoms with van der Waals surface area (Å²) in [6, 6.07) is 3.88. The molecule has 1 fully saturated rings. The van der Waals surface area contributed by atoms with Crippen molar-refractivity contribution in [2.24, 2.45) is 5.73 Å². The van der Waals surface area contributed by atoms with E-state index in [1.165, 1.54) is 0 Å². The molecule has 0 saturated carbocycles. The molecule has 2 heterocycles. The molecule has 88 valence electrons. The van der Waals surface area contributed by atoms with Crippen molar-refractivity contribution in [3.8, 4) is 0 Å². The van der Waals surface area contributed by atoms with Gasteiger partial charge in [0, 0.05) is 19.8 Å². The fraction of sp³-hybridized carbons (Fsp3) is 0.636. The van der Waals surface area contributed by atoms with E-state index in [4.69, 9.17) is 10.5 Å². The lowest BCUT2D eigenvalue weighted by Crippen LogP contribution is -2.49. The van der Waals surface area contributed by atoms with Crippen LogP contribution in [0, 0.1) is 6.92 Å². The molecule has 0 bridgehead atoms. The number of rotatable bonds is 3. The highest BCUT2D eigenvalue weighted by Gasteiger charge is 2.31. The highest BCUT2D eigenvalue weighted by Crippen LogP contribution is 2.23. The van der Waals surface area contributed by atoms with Crippen LogP contribution in [0.15, 0.2) is 12.1 Å². The monoisotopic (exact) mass is 222 g/mol. The third-order valence-corrected chi connectivity index (χ3v) is 3.03. The maximum atomic E-state index is 5.85. The molecular weight excluding hydrogens is 204 g/mol. The highest BCUT2D eigenvalue weighted by atomic mass is 16.5. The van der Waals surface area contributed by atoms with Gasteiger partial charge in [0.25, 0.3) is 0 Å². The minimum absolute atomic E-state index is 0.0812. The predicted octanol–water partition coefficient (Wildman–Crippen LogP) is 0.705. The third kappa shape index (κ3) is 2.48. The summed E-state index contributed by atoms with van der Waals surface area (Å²) in [4.78, 5) is 0. The van der Waals surface area contributed by atoms with Crippen LogP contribution in [0.4, 0.5) is 5.82 Å². The molecule has 3 N–H and O–H groups in total. The second-order valence-electron chi connectivity index (χ2n) is 4.28. The van der Waals surface area contributed by atoms with Crippen LogP contribution in [0.2, 0.25) is 0 Å². The maximum Gasteiger partial charge on any atom is 0.149 e. The van der Waals surface area contributed by atoms with E-state index in [0.717, 1.165) is 37.6 Å². The molecule has 1 aliphatic rings. The zero-order valence-corrected chi connectivity index (χ0v) is 9.57. The molecule has 0 aliphatic carbocycles. The lowest BCUT2D eigenvalue weighted by molar-refractivity contribution is 0.0626. The van der Waals surface area contributed by atoms with E-state index in [-0.39, 0.29) is 5.54 Å². The molecule has 1 saturated heterocycles. The Balaban J connectivity index is 2.08. The largest absolute Gasteiger partial charge is 0.381 e. The van der Waals surface area contributed by atoms with Crippen molar-refractivity contribution in [1.82, 2.24) is 10.2 Å². The molecule has 0 aromatic carbocycles. The van der Waals surface area contributed by atoms with Crippen molar-refractivity contribution in [2.45, 2.75) is 25.3 Å². The first-order chi connectivity index (χ1) is 7.74. The van der Waals surface area contributed by atoms with Crippen molar-refractivity contribution in [3.63, 3.8) is 0 Å². The number of nitrogens with one attached hydrogen (secondary N) is 1. The molecule has 0 amide bonds. The molecule has 1 aliphatic heterocycles. The van der Waals surface area contributed by atoms with Crippen molar-refractivity contribution < 1.29 is 4.74 Å². The second-order valence-corrected chi connectivity index (χ2v) is 4.28. The van der Waals surface area contributed by atoms with Gasteiger partial charge in [0.1, 0.15) is 5.82 Å². The van der Waals surface area contributed by atoms with E-state index >= 15 is 0 Å². The molecular formula is C11H18N4O. The van der Waals surface area contributed by atoms with Gasteiger partial charge in [-0.25, -0.2) is 0 Å². The van der Waals surface area contributed by atoms with Gasteiger partial charge < -0.3 is 15.8 Å². The number of anilines is 1. The van der Waals surface area contributed by atoms with Gasteiger partial charge in [-0.2, -0.15) is 5.10 Å². The number of aryl methyl sites for hydroxylation is 1. The lowest BCUT2D eigenvalue weighted by Gasteiger charge is -2.37. The lowest BCUT2D eigenvalue weighted by atomic mass is 9.90. The first-order valence-corrected chi connectivity index (χ1v) is 5.60. The molecule has 2 rings (SSSR count). The molecule has 5 heteroatoms.